The third-order valence-corrected chi connectivity index (χ3v) is 2.67. The van der Waals surface area contributed by atoms with E-state index in [0.717, 1.165) is 5.56 Å². The fraction of sp³-hybridized carbons (Fsp3) is 0.417. The molecule has 0 aliphatic carbocycles. The van der Waals surface area contributed by atoms with Gasteiger partial charge in [0.1, 0.15) is 11.9 Å². The van der Waals surface area contributed by atoms with Crippen LogP contribution in [0.2, 0.25) is 0 Å². The Hall–Kier alpha value is -1.46. The number of halogens is 1. The summed E-state index contributed by atoms with van der Waals surface area (Å²) in [6.45, 7) is 3.18. The van der Waals surface area contributed by atoms with Crippen molar-refractivity contribution >= 4 is 5.91 Å². The Morgan fingerprint density at radius 1 is 1.59 bits per heavy atom. The molecule has 0 radical (unpaired) electrons. The van der Waals surface area contributed by atoms with Gasteiger partial charge in [0.2, 0.25) is 0 Å². The summed E-state index contributed by atoms with van der Waals surface area (Å²) >= 11 is 0. The summed E-state index contributed by atoms with van der Waals surface area (Å²) in [5.74, 6) is -0.336. The van der Waals surface area contributed by atoms with Crippen LogP contribution in [0.3, 0.4) is 0 Å². The van der Waals surface area contributed by atoms with E-state index in [1.165, 1.54) is 17.2 Å². The fourth-order valence-electron chi connectivity index (χ4n) is 1.75. The van der Waals surface area contributed by atoms with Crippen LogP contribution < -0.4 is 5.32 Å². The maximum Gasteiger partial charge on any atom is 0.265 e. The van der Waals surface area contributed by atoms with Gasteiger partial charge in [0.25, 0.3) is 5.91 Å². The maximum absolute atomic E-state index is 12.9. The van der Waals surface area contributed by atoms with Gasteiger partial charge >= 0.3 is 0 Å². The lowest BCUT2D eigenvalue weighted by Gasteiger charge is -2.11. The van der Waals surface area contributed by atoms with Gasteiger partial charge in [0.15, 0.2) is 0 Å². The Labute approximate surface area is 99.3 Å². The molecule has 0 aromatic heterocycles. The standard InChI is InChI=1S/C12H15FN2O2/c1-2-15-12(16)11(8-17-15)14-7-9-4-3-5-10(13)6-9/h3-6,11,14H,2,7-8H2,1H3. The zero-order chi connectivity index (χ0) is 12.3. The molecule has 1 aliphatic heterocycles. The molecule has 1 aromatic rings. The average Bonchev–Trinajstić information content (AvgIpc) is 2.67. The zero-order valence-electron chi connectivity index (χ0n) is 9.65. The van der Waals surface area contributed by atoms with E-state index in [2.05, 4.69) is 5.32 Å². The van der Waals surface area contributed by atoms with Gasteiger partial charge in [-0.05, 0) is 24.6 Å². The second-order valence-electron chi connectivity index (χ2n) is 3.89. The number of nitrogens with one attached hydrogen (secondary N) is 1. The summed E-state index contributed by atoms with van der Waals surface area (Å²) < 4.78 is 12.9. The van der Waals surface area contributed by atoms with Crippen LogP contribution in [0, 0.1) is 5.82 Å². The predicted octanol–water partition coefficient (Wildman–Crippen LogP) is 1.08. The first kappa shape index (κ1) is 12.0. The molecule has 4 nitrogen and oxygen atoms in total. The number of hydrogen-bond donors (Lipinski definition) is 1. The van der Waals surface area contributed by atoms with Crippen molar-refractivity contribution in [1.82, 2.24) is 10.4 Å². The Kier molecular flexibility index (Phi) is 3.71. The smallest absolute Gasteiger partial charge is 0.265 e. The summed E-state index contributed by atoms with van der Waals surface area (Å²) in [5, 5.41) is 4.39. The Balaban J connectivity index is 1.89. The molecule has 1 saturated heterocycles. The molecule has 5 heteroatoms. The highest BCUT2D eigenvalue weighted by molar-refractivity contribution is 5.82. The first-order chi connectivity index (χ1) is 8.20. The van der Waals surface area contributed by atoms with Gasteiger partial charge in [0, 0.05) is 13.1 Å². The molecule has 1 heterocycles. The molecule has 0 saturated carbocycles. The average molecular weight is 238 g/mol. The molecule has 1 unspecified atom stereocenters. The second kappa shape index (κ2) is 5.25. The monoisotopic (exact) mass is 238 g/mol. The highest BCUT2D eigenvalue weighted by Crippen LogP contribution is 2.09. The largest absolute Gasteiger partial charge is 0.300 e. The number of carbonyl (C=O) groups is 1. The second-order valence-corrected chi connectivity index (χ2v) is 3.89. The molecular weight excluding hydrogens is 223 g/mol. The quantitative estimate of drug-likeness (QED) is 0.853. The van der Waals surface area contributed by atoms with Crippen LogP contribution in [0.1, 0.15) is 12.5 Å². The van der Waals surface area contributed by atoms with Crippen molar-refractivity contribution in [2.45, 2.75) is 19.5 Å². The van der Waals surface area contributed by atoms with Crippen LogP contribution in [0.4, 0.5) is 4.39 Å². The van der Waals surface area contributed by atoms with E-state index in [1.54, 1.807) is 6.07 Å². The normalized spacial score (nSPS) is 20.0. The lowest BCUT2D eigenvalue weighted by Crippen LogP contribution is -2.38. The zero-order valence-corrected chi connectivity index (χ0v) is 9.65. The van der Waals surface area contributed by atoms with Gasteiger partial charge in [-0.1, -0.05) is 12.1 Å². The first-order valence-electron chi connectivity index (χ1n) is 5.63. The topological polar surface area (TPSA) is 41.6 Å². The number of hydrogen-bond acceptors (Lipinski definition) is 3. The van der Waals surface area contributed by atoms with Gasteiger partial charge in [-0.15, -0.1) is 0 Å². The molecule has 17 heavy (non-hydrogen) atoms. The number of amides is 1. The molecular formula is C12H15FN2O2. The van der Waals surface area contributed by atoms with E-state index < -0.39 is 0 Å². The van der Waals surface area contributed by atoms with Crippen molar-refractivity contribution in [2.24, 2.45) is 0 Å². The molecule has 92 valence electrons. The molecule has 0 spiro atoms. The Morgan fingerprint density at radius 3 is 3.06 bits per heavy atom. The molecule has 1 N–H and O–H groups in total. The van der Waals surface area contributed by atoms with E-state index in [9.17, 15) is 9.18 Å². The summed E-state index contributed by atoms with van der Waals surface area (Å²) in [6.07, 6.45) is 0. The summed E-state index contributed by atoms with van der Waals surface area (Å²) in [4.78, 5) is 16.9. The van der Waals surface area contributed by atoms with E-state index in [1.807, 2.05) is 13.0 Å². The van der Waals surface area contributed by atoms with Crippen molar-refractivity contribution in [3.05, 3.63) is 35.6 Å². The van der Waals surface area contributed by atoms with Crippen molar-refractivity contribution in [1.29, 1.82) is 0 Å². The third kappa shape index (κ3) is 2.81. The molecule has 1 amide bonds. The van der Waals surface area contributed by atoms with Crippen molar-refractivity contribution < 1.29 is 14.0 Å². The molecule has 2 rings (SSSR count). The van der Waals surface area contributed by atoms with Crippen LogP contribution in [0.5, 0.6) is 0 Å². The van der Waals surface area contributed by atoms with E-state index in [-0.39, 0.29) is 17.8 Å². The van der Waals surface area contributed by atoms with Gasteiger partial charge in [0.05, 0.1) is 6.61 Å². The maximum atomic E-state index is 12.9. The molecule has 1 fully saturated rings. The fourth-order valence-corrected chi connectivity index (χ4v) is 1.75. The Bertz CT molecular complexity index is 411. The molecule has 1 aromatic carbocycles. The van der Waals surface area contributed by atoms with E-state index in [0.29, 0.717) is 19.7 Å². The minimum absolute atomic E-state index is 0.0658. The van der Waals surface area contributed by atoms with E-state index >= 15 is 0 Å². The van der Waals surface area contributed by atoms with Crippen LogP contribution in [-0.4, -0.2) is 30.2 Å². The predicted molar refractivity (Wildman–Crippen MR) is 60.4 cm³/mol. The number of benzene rings is 1. The van der Waals surface area contributed by atoms with E-state index in [4.69, 9.17) is 4.84 Å². The summed E-state index contributed by atoms with van der Waals surface area (Å²) in [7, 11) is 0. The van der Waals surface area contributed by atoms with Gasteiger partial charge < -0.3 is 0 Å². The lowest BCUT2D eigenvalue weighted by molar-refractivity contribution is -0.160. The number of carbonyl (C=O) groups excluding carboxylic acids is 1. The SMILES string of the molecule is CCN1OCC(NCc2cccc(F)c2)C1=O. The minimum atomic E-state index is -0.335. The van der Waals surface area contributed by atoms with Crippen LogP contribution in [0.25, 0.3) is 0 Å². The minimum Gasteiger partial charge on any atom is -0.300 e. The van der Waals surface area contributed by atoms with Crippen LogP contribution in [0.15, 0.2) is 24.3 Å². The molecule has 1 aliphatic rings. The first-order valence-corrected chi connectivity index (χ1v) is 5.63. The highest BCUT2D eigenvalue weighted by Gasteiger charge is 2.31. The van der Waals surface area contributed by atoms with Crippen LogP contribution in [-0.2, 0) is 16.2 Å². The Morgan fingerprint density at radius 2 is 2.41 bits per heavy atom. The van der Waals surface area contributed by atoms with Crippen LogP contribution >= 0.6 is 0 Å². The lowest BCUT2D eigenvalue weighted by atomic mass is 10.2. The number of nitrogens with zero attached hydrogens (tertiary/aromatic N) is 1. The van der Waals surface area contributed by atoms with Crippen molar-refractivity contribution in [3.8, 4) is 0 Å². The van der Waals surface area contributed by atoms with Gasteiger partial charge in [-0.2, -0.15) is 0 Å². The third-order valence-electron chi connectivity index (χ3n) is 2.67. The number of hydroxylamine groups is 2. The highest BCUT2D eigenvalue weighted by atomic mass is 19.1. The number of rotatable bonds is 4. The molecule has 1 atom stereocenters. The number of likely N-dealkylation sites (N-methyl/N-ethyl adjacent to an activating group) is 1. The summed E-state index contributed by atoms with van der Waals surface area (Å²) in [5.41, 5.74) is 0.813. The van der Waals surface area contributed by atoms with Gasteiger partial charge in [-0.3, -0.25) is 14.9 Å². The van der Waals surface area contributed by atoms with Crippen molar-refractivity contribution in [2.75, 3.05) is 13.2 Å². The molecule has 0 bridgehead atoms. The van der Waals surface area contributed by atoms with Gasteiger partial charge in [-0.25, -0.2) is 9.45 Å². The van der Waals surface area contributed by atoms with Crippen molar-refractivity contribution in [3.63, 3.8) is 0 Å². The summed E-state index contributed by atoms with van der Waals surface area (Å²) in [6, 6.07) is 5.97.